The SMILES string of the molecule is OCCCc1cccnc1Cl. The molecule has 0 spiro atoms. The molecule has 0 aromatic carbocycles. The van der Waals surface area contributed by atoms with Crippen LogP contribution in [0.1, 0.15) is 12.0 Å². The van der Waals surface area contributed by atoms with Gasteiger partial charge in [-0.3, -0.25) is 0 Å². The Bertz CT molecular complexity index is 227. The lowest BCUT2D eigenvalue weighted by atomic mass is 10.2. The third-order valence-electron chi connectivity index (χ3n) is 1.44. The van der Waals surface area contributed by atoms with Crippen molar-refractivity contribution in [1.82, 2.24) is 4.98 Å². The number of aliphatic hydroxyl groups excluding tert-OH is 1. The molecule has 0 amide bonds. The van der Waals surface area contributed by atoms with Crippen molar-refractivity contribution in [1.29, 1.82) is 0 Å². The van der Waals surface area contributed by atoms with E-state index in [-0.39, 0.29) is 6.61 Å². The van der Waals surface area contributed by atoms with Gasteiger partial charge in [-0.25, -0.2) is 4.98 Å². The summed E-state index contributed by atoms with van der Waals surface area (Å²) in [6.07, 6.45) is 3.19. The Morgan fingerprint density at radius 2 is 2.36 bits per heavy atom. The quantitative estimate of drug-likeness (QED) is 0.702. The molecule has 1 N–H and O–H groups in total. The van der Waals surface area contributed by atoms with Crippen LogP contribution in [-0.2, 0) is 6.42 Å². The minimum absolute atomic E-state index is 0.200. The van der Waals surface area contributed by atoms with E-state index in [1.54, 1.807) is 6.20 Å². The second kappa shape index (κ2) is 4.31. The maximum atomic E-state index is 8.55. The first-order chi connectivity index (χ1) is 5.34. The molecule has 0 aliphatic heterocycles. The Hall–Kier alpha value is -0.600. The van der Waals surface area contributed by atoms with Gasteiger partial charge in [0.05, 0.1) is 0 Å². The van der Waals surface area contributed by atoms with Crippen molar-refractivity contribution in [2.45, 2.75) is 12.8 Å². The lowest BCUT2D eigenvalue weighted by molar-refractivity contribution is 0.288. The van der Waals surface area contributed by atoms with E-state index in [1.165, 1.54) is 0 Å². The number of hydrogen-bond acceptors (Lipinski definition) is 2. The van der Waals surface area contributed by atoms with Gasteiger partial charge in [-0.05, 0) is 24.5 Å². The number of halogens is 1. The largest absolute Gasteiger partial charge is 0.396 e. The third-order valence-corrected chi connectivity index (χ3v) is 1.78. The second-order valence-electron chi connectivity index (χ2n) is 2.28. The molecule has 11 heavy (non-hydrogen) atoms. The molecule has 0 saturated heterocycles. The normalized spacial score (nSPS) is 10.0. The first-order valence-corrected chi connectivity index (χ1v) is 3.92. The van der Waals surface area contributed by atoms with Crippen molar-refractivity contribution < 1.29 is 5.11 Å². The highest BCUT2D eigenvalue weighted by Crippen LogP contribution is 2.12. The van der Waals surface area contributed by atoms with Gasteiger partial charge in [0, 0.05) is 12.8 Å². The molecule has 1 heterocycles. The molecule has 0 atom stereocenters. The average molecular weight is 172 g/mol. The zero-order chi connectivity index (χ0) is 8.10. The third kappa shape index (κ3) is 2.48. The van der Waals surface area contributed by atoms with Gasteiger partial charge >= 0.3 is 0 Å². The van der Waals surface area contributed by atoms with Gasteiger partial charge in [0.2, 0.25) is 0 Å². The van der Waals surface area contributed by atoms with Gasteiger partial charge in [-0.15, -0.1) is 0 Å². The van der Waals surface area contributed by atoms with Crippen LogP contribution in [-0.4, -0.2) is 16.7 Å². The first-order valence-electron chi connectivity index (χ1n) is 3.55. The molecule has 0 unspecified atom stereocenters. The topological polar surface area (TPSA) is 33.1 Å². The van der Waals surface area contributed by atoms with Gasteiger partial charge in [0.15, 0.2) is 0 Å². The van der Waals surface area contributed by atoms with Crippen LogP contribution in [0.3, 0.4) is 0 Å². The molecule has 1 aromatic rings. The zero-order valence-corrected chi connectivity index (χ0v) is 6.88. The summed E-state index contributed by atoms with van der Waals surface area (Å²) in [6, 6.07) is 3.77. The number of rotatable bonds is 3. The molecule has 0 aliphatic rings. The summed E-state index contributed by atoms with van der Waals surface area (Å²) >= 11 is 5.77. The molecular formula is C8H10ClNO. The molecule has 60 valence electrons. The summed E-state index contributed by atoms with van der Waals surface area (Å²) in [5, 5.41) is 9.10. The Labute approximate surface area is 70.8 Å². The van der Waals surface area contributed by atoms with Crippen LogP contribution in [0.15, 0.2) is 18.3 Å². The minimum atomic E-state index is 0.200. The van der Waals surface area contributed by atoms with Crippen molar-refractivity contribution in [3.05, 3.63) is 29.0 Å². The van der Waals surface area contributed by atoms with Gasteiger partial charge in [0.1, 0.15) is 5.15 Å². The summed E-state index contributed by atoms with van der Waals surface area (Å²) in [7, 11) is 0. The smallest absolute Gasteiger partial charge is 0.132 e. The van der Waals surface area contributed by atoms with E-state index in [1.807, 2.05) is 12.1 Å². The number of aryl methyl sites for hydroxylation is 1. The fraction of sp³-hybridized carbons (Fsp3) is 0.375. The van der Waals surface area contributed by atoms with Gasteiger partial charge in [0.25, 0.3) is 0 Å². The van der Waals surface area contributed by atoms with Crippen molar-refractivity contribution in [2.24, 2.45) is 0 Å². The van der Waals surface area contributed by atoms with Gasteiger partial charge in [-0.2, -0.15) is 0 Å². The first kappa shape index (κ1) is 8.50. The van der Waals surface area contributed by atoms with E-state index in [0.29, 0.717) is 5.15 Å². The maximum absolute atomic E-state index is 8.55. The number of nitrogens with zero attached hydrogens (tertiary/aromatic N) is 1. The monoisotopic (exact) mass is 171 g/mol. The number of hydrogen-bond donors (Lipinski definition) is 1. The molecule has 0 aliphatic carbocycles. The van der Waals surface area contributed by atoms with E-state index in [9.17, 15) is 0 Å². The number of aliphatic hydroxyl groups is 1. The highest BCUT2D eigenvalue weighted by atomic mass is 35.5. The van der Waals surface area contributed by atoms with E-state index < -0.39 is 0 Å². The highest BCUT2D eigenvalue weighted by Gasteiger charge is 1.97. The minimum Gasteiger partial charge on any atom is -0.396 e. The van der Waals surface area contributed by atoms with Crippen molar-refractivity contribution >= 4 is 11.6 Å². The Morgan fingerprint density at radius 3 is 3.00 bits per heavy atom. The van der Waals surface area contributed by atoms with Gasteiger partial charge < -0.3 is 5.11 Å². The standard InChI is InChI=1S/C8H10ClNO/c9-8-7(4-2-6-11)3-1-5-10-8/h1,3,5,11H,2,4,6H2. The molecule has 1 rings (SSSR count). The zero-order valence-electron chi connectivity index (χ0n) is 6.13. The Balaban J connectivity index is 2.62. The van der Waals surface area contributed by atoms with Crippen LogP contribution in [0.25, 0.3) is 0 Å². The van der Waals surface area contributed by atoms with E-state index in [0.717, 1.165) is 18.4 Å². The molecule has 0 radical (unpaired) electrons. The second-order valence-corrected chi connectivity index (χ2v) is 2.64. The molecule has 0 saturated carbocycles. The summed E-state index contributed by atoms with van der Waals surface area (Å²) in [5.74, 6) is 0. The Kier molecular flexibility index (Phi) is 3.33. The summed E-state index contributed by atoms with van der Waals surface area (Å²) in [4.78, 5) is 3.92. The molecule has 2 nitrogen and oxygen atoms in total. The lowest BCUT2D eigenvalue weighted by Gasteiger charge is -1.99. The fourth-order valence-electron chi connectivity index (χ4n) is 0.875. The van der Waals surface area contributed by atoms with Crippen LogP contribution < -0.4 is 0 Å². The van der Waals surface area contributed by atoms with Crippen LogP contribution in [0.4, 0.5) is 0 Å². The predicted octanol–water partition coefficient (Wildman–Crippen LogP) is 1.66. The molecular weight excluding hydrogens is 162 g/mol. The molecule has 0 fully saturated rings. The van der Waals surface area contributed by atoms with Crippen LogP contribution in [0.2, 0.25) is 5.15 Å². The number of pyridine rings is 1. The summed E-state index contributed by atoms with van der Waals surface area (Å²) in [5.41, 5.74) is 1.00. The molecule has 3 heteroatoms. The molecule has 0 bridgehead atoms. The number of aromatic nitrogens is 1. The van der Waals surface area contributed by atoms with Crippen molar-refractivity contribution in [3.8, 4) is 0 Å². The fourth-order valence-corrected chi connectivity index (χ4v) is 1.09. The van der Waals surface area contributed by atoms with E-state index in [4.69, 9.17) is 16.7 Å². The van der Waals surface area contributed by atoms with Gasteiger partial charge in [-0.1, -0.05) is 17.7 Å². The highest BCUT2D eigenvalue weighted by molar-refractivity contribution is 6.30. The van der Waals surface area contributed by atoms with E-state index >= 15 is 0 Å². The van der Waals surface area contributed by atoms with Crippen LogP contribution in [0.5, 0.6) is 0 Å². The summed E-state index contributed by atoms with van der Waals surface area (Å²) < 4.78 is 0. The maximum Gasteiger partial charge on any atom is 0.132 e. The average Bonchev–Trinajstić information content (AvgIpc) is 2.03. The van der Waals surface area contributed by atoms with Crippen LogP contribution in [0, 0.1) is 0 Å². The van der Waals surface area contributed by atoms with E-state index in [2.05, 4.69) is 4.98 Å². The lowest BCUT2D eigenvalue weighted by Crippen LogP contribution is -1.91. The van der Waals surface area contributed by atoms with Crippen molar-refractivity contribution in [2.75, 3.05) is 6.61 Å². The molecule has 1 aromatic heterocycles. The van der Waals surface area contributed by atoms with Crippen LogP contribution >= 0.6 is 11.6 Å². The summed E-state index contributed by atoms with van der Waals surface area (Å²) in [6.45, 7) is 0.200. The Morgan fingerprint density at radius 1 is 1.55 bits per heavy atom. The van der Waals surface area contributed by atoms with Crippen molar-refractivity contribution in [3.63, 3.8) is 0 Å². The predicted molar refractivity (Wildman–Crippen MR) is 44.7 cm³/mol.